The summed E-state index contributed by atoms with van der Waals surface area (Å²) in [5, 5.41) is 3.39. The maximum Gasteiger partial charge on any atom is 0.119 e. The summed E-state index contributed by atoms with van der Waals surface area (Å²) >= 11 is 0. The molecule has 0 bridgehead atoms. The second-order valence-corrected chi connectivity index (χ2v) is 4.90. The summed E-state index contributed by atoms with van der Waals surface area (Å²) < 4.78 is 5.77. The number of nitrogens with one attached hydrogen (secondary N) is 1. The molecule has 0 amide bonds. The first-order valence-electron chi connectivity index (χ1n) is 7.35. The van der Waals surface area contributed by atoms with Crippen LogP contribution in [0, 0.1) is 0 Å². The third-order valence-electron chi connectivity index (χ3n) is 3.18. The Bertz CT molecular complexity index is 479. The van der Waals surface area contributed by atoms with Gasteiger partial charge in [0.1, 0.15) is 5.75 Å². The fourth-order valence-electron chi connectivity index (χ4n) is 2.04. The molecule has 2 heteroatoms. The molecule has 0 saturated carbocycles. The second-order valence-electron chi connectivity index (χ2n) is 4.90. The van der Waals surface area contributed by atoms with Crippen molar-refractivity contribution in [2.45, 2.75) is 26.3 Å². The Labute approximate surface area is 121 Å². The summed E-state index contributed by atoms with van der Waals surface area (Å²) in [5.74, 6) is 0.945. The van der Waals surface area contributed by atoms with Crippen LogP contribution in [-0.4, -0.2) is 13.2 Å². The molecule has 2 rings (SSSR count). The van der Waals surface area contributed by atoms with Gasteiger partial charge in [-0.15, -0.1) is 0 Å². The van der Waals surface area contributed by atoms with Gasteiger partial charge >= 0.3 is 0 Å². The summed E-state index contributed by atoms with van der Waals surface area (Å²) in [6, 6.07) is 18.8. The molecule has 0 heterocycles. The maximum atomic E-state index is 5.77. The van der Waals surface area contributed by atoms with Gasteiger partial charge in [0.05, 0.1) is 6.61 Å². The van der Waals surface area contributed by atoms with E-state index in [4.69, 9.17) is 4.74 Å². The summed E-state index contributed by atoms with van der Waals surface area (Å²) in [6.07, 6.45) is 2.11. The first kappa shape index (κ1) is 14.6. The molecule has 0 atom stereocenters. The number of hydrogen-bond donors (Lipinski definition) is 1. The molecule has 0 aliphatic rings. The second kappa shape index (κ2) is 8.39. The van der Waals surface area contributed by atoms with Gasteiger partial charge in [0.2, 0.25) is 0 Å². The van der Waals surface area contributed by atoms with E-state index in [1.807, 2.05) is 18.2 Å². The Morgan fingerprint density at radius 1 is 0.900 bits per heavy atom. The maximum absolute atomic E-state index is 5.77. The van der Waals surface area contributed by atoms with Crippen molar-refractivity contribution < 1.29 is 4.74 Å². The SMILES string of the molecule is CCCNCc1ccc(OCCc2ccccc2)cc1. The van der Waals surface area contributed by atoms with Crippen molar-refractivity contribution in [3.8, 4) is 5.75 Å². The van der Waals surface area contributed by atoms with Gasteiger partial charge in [-0.2, -0.15) is 0 Å². The third kappa shape index (κ3) is 5.06. The quantitative estimate of drug-likeness (QED) is 0.736. The summed E-state index contributed by atoms with van der Waals surface area (Å²) in [4.78, 5) is 0. The summed E-state index contributed by atoms with van der Waals surface area (Å²) in [6.45, 7) is 4.89. The van der Waals surface area contributed by atoms with Crippen molar-refractivity contribution in [1.29, 1.82) is 0 Å². The van der Waals surface area contributed by atoms with Crippen molar-refractivity contribution in [3.63, 3.8) is 0 Å². The van der Waals surface area contributed by atoms with Crippen molar-refractivity contribution in [3.05, 3.63) is 65.7 Å². The Balaban J connectivity index is 1.73. The molecule has 106 valence electrons. The van der Waals surface area contributed by atoms with Crippen LogP contribution in [0.1, 0.15) is 24.5 Å². The van der Waals surface area contributed by atoms with Gasteiger partial charge in [0.15, 0.2) is 0 Å². The highest BCUT2D eigenvalue weighted by Crippen LogP contribution is 2.12. The molecule has 2 aromatic rings. The average molecular weight is 269 g/mol. The molecule has 0 saturated heterocycles. The van der Waals surface area contributed by atoms with Gasteiger partial charge in [-0.05, 0) is 36.2 Å². The zero-order chi connectivity index (χ0) is 14.0. The van der Waals surface area contributed by atoms with Gasteiger partial charge in [0.25, 0.3) is 0 Å². The van der Waals surface area contributed by atoms with Crippen LogP contribution in [0.4, 0.5) is 0 Å². The van der Waals surface area contributed by atoms with Crippen LogP contribution in [0.3, 0.4) is 0 Å². The van der Waals surface area contributed by atoms with E-state index in [0.717, 1.165) is 31.9 Å². The van der Waals surface area contributed by atoms with E-state index in [1.165, 1.54) is 17.5 Å². The van der Waals surface area contributed by atoms with Crippen LogP contribution in [0.25, 0.3) is 0 Å². The zero-order valence-corrected chi connectivity index (χ0v) is 12.1. The van der Waals surface area contributed by atoms with Crippen LogP contribution in [0.15, 0.2) is 54.6 Å². The molecule has 20 heavy (non-hydrogen) atoms. The van der Waals surface area contributed by atoms with Crippen molar-refractivity contribution in [2.24, 2.45) is 0 Å². The average Bonchev–Trinajstić information content (AvgIpc) is 2.50. The molecule has 2 aromatic carbocycles. The molecule has 0 unspecified atom stereocenters. The van der Waals surface area contributed by atoms with Gasteiger partial charge < -0.3 is 10.1 Å². The van der Waals surface area contributed by atoms with Gasteiger partial charge in [0, 0.05) is 13.0 Å². The van der Waals surface area contributed by atoms with Crippen LogP contribution < -0.4 is 10.1 Å². The van der Waals surface area contributed by atoms with Crippen molar-refractivity contribution in [2.75, 3.05) is 13.2 Å². The van der Waals surface area contributed by atoms with Gasteiger partial charge in [-0.25, -0.2) is 0 Å². The number of rotatable bonds is 8. The Morgan fingerprint density at radius 3 is 2.35 bits per heavy atom. The van der Waals surface area contributed by atoms with Crippen molar-refractivity contribution >= 4 is 0 Å². The highest BCUT2D eigenvalue weighted by Gasteiger charge is 1.97. The monoisotopic (exact) mass is 269 g/mol. The number of ether oxygens (including phenoxy) is 1. The lowest BCUT2D eigenvalue weighted by Crippen LogP contribution is -2.13. The molecule has 1 N–H and O–H groups in total. The fraction of sp³-hybridized carbons (Fsp3) is 0.333. The Kier molecular flexibility index (Phi) is 6.12. The lowest BCUT2D eigenvalue weighted by molar-refractivity contribution is 0.322. The molecule has 0 spiro atoms. The zero-order valence-electron chi connectivity index (χ0n) is 12.1. The minimum absolute atomic E-state index is 0.720. The molecule has 2 nitrogen and oxygen atoms in total. The van der Waals surface area contributed by atoms with E-state index in [2.05, 4.69) is 48.6 Å². The predicted octanol–water partition coefficient (Wildman–Crippen LogP) is 3.81. The smallest absolute Gasteiger partial charge is 0.119 e. The largest absolute Gasteiger partial charge is 0.493 e. The highest BCUT2D eigenvalue weighted by atomic mass is 16.5. The molecular formula is C18H23NO. The van der Waals surface area contributed by atoms with Crippen LogP contribution in [0.5, 0.6) is 5.75 Å². The normalized spacial score (nSPS) is 10.4. The predicted molar refractivity (Wildman–Crippen MR) is 84.1 cm³/mol. The van der Waals surface area contributed by atoms with Crippen LogP contribution >= 0.6 is 0 Å². The Morgan fingerprint density at radius 2 is 1.65 bits per heavy atom. The topological polar surface area (TPSA) is 21.3 Å². The minimum atomic E-state index is 0.720. The number of benzene rings is 2. The minimum Gasteiger partial charge on any atom is -0.493 e. The van der Waals surface area contributed by atoms with E-state index in [1.54, 1.807) is 0 Å². The van der Waals surface area contributed by atoms with Gasteiger partial charge in [-0.3, -0.25) is 0 Å². The third-order valence-corrected chi connectivity index (χ3v) is 3.18. The van der Waals surface area contributed by atoms with E-state index >= 15 is 0 Å². The fourth-order valence-corrected chi connectivity index (χ4v) is 2.04. The highest BCUT2D eigenvalue weighted by molar-refractivity contribution is 5.27. The Hall–Kier alpha value is -1.80. The molecule has 0 aliphatic carbocycles. The summed E-state index contributed by atoms with van der Waals surface area (Å²) in [7, 11) is 0. The standard InChI is InChI=1S/C18H23NO/c1-2-13-19-15-17-8-10-18(11-9-17)20-14-12-16-6-4-3-5-7-16/h3-11,19H,2,12-15H2,1H3. The molecule has 0 radical (unpaired) electrons. The van der Waals surface area contributed by atoms with E-state index in [-0.39, 0.29) is 0 Å². The van der Waals surface area contributed by atoms with Crippen LogP contribution in [0.2, 0.25) is 0 Å². The molecule has 0 fully saturated rings. The molecule has 0 aliphatic heterocycles. The van der Waals surface area contributed by atoms with E-state index in [0.29, 0.717) is 0 Å². The van der Waals surface area contributed by atoms with Crippen LogP contribution in [-0.2, 0) is 13.0 Å². The lowest BCUT2D eigenvalue weighted by atomic mass is 10.2. The van der Waals surface area contributed by atoms with E-state index in [9.17, 15) is 0 Å². The first-order valence-corrected chi connectivity index (χ1v) is 7.35. The van der Waals surface area contributed by atoms with Gasteiger partial charge in [-0.1, -0.05) is 49.4 Å². The first-order chi connectivity index (χ1) is 9.88. The molecular weight excluding hydrogens is 246 g/mol. The lowest BCUT2D eigenvalue weighted by Gasteiger charge is -2.08. The summed E-state index contributed by atoms with van der Waals surface area (Å²) in [5.41, 5.74) is 2.61. The molecule has 0 aromatic heterocycles. The van der Waals surface area contributed by atoms with Crippen molar-refractivity contribution in [1.82, 2.24) is 5.32 Å². The van der Waals surface area contributed by atoms with E-state index < -0.39 is 0 Å². The number of hydrogen-bond acceptors (Lipinski definition) is 2.